The lowest BCUT2D eigenvalue weighted by molar-refractivity contribution is -0.220. The zero-order valence-corrected chi connectivity index (χ0v) is 17.8. The third-order valence-corrected chi connectivity index (χ3v) is 5.46. The van der Waals surface area contributed by atoms with Gasteiger partial charge in [0, 0.05) is 5.56 Å². The predicted octanol–water partition coefficient (Wildman–Crippen LogP) is 5.42. The third-order valence-electron chi connectivity index (χ3n) is 5.46. The summed E-state index contributed by atoms with van der Waals surface area (Å²) in [6.07, 6.45) is -4.57. The van der Waals surface area contributed by atoms with Crippen molar-refractivity contribution in [1.29, 1.82) is 0 Å². The lowest BCUT2D eigenvalue weighted by Crippen LogP contribution is -2.49. The first-order chi connectivity index (χ1) is 16.2. The summed E-state index contributed by atoms with van der Waals surface area (Å²) in [6, 6.07) is 15.7. The van der Waals surface area contributed by atoms with Gasteiger partial charge in [0.25, 0.3) is 0 Å². The number of hydrogen-bond acceptors (Lipinski definition) is 4. The molecule has 0 aromatic heterocycles. The van der Waals surface area contributed by atoms with Crippen LogP contribution in [0.4, 0.5) is 17.6 Å². The van der Waals surface area contributed by atoms with Crippen molar-refractivity contribution in [1.82, 2.24) is 0 Å². The number of carboxylic acid groups (broad SMARTS) is 1. The Morgan fingerprint density at radius 3 is 2.38 bits per heavy atom. The predicted molar refractivity (Wildman–Crippen MR) is 114 cm³/mol. The highest BCUT2D eigenvalue weighted by atomic mass is 19.4. The normalized spacial score (nSPS) is 14.9. The topological polar surface area (TPSA) is 65.0 Å². The van der Waals surface area contributed by atoms with Gasteiger partial charge < -0.3 is 19.3 Å². The summed E-state index contributed by atoms with van der Waals surface area (Å²) in [5, 5.41) is 8.87. The number of benzene rings is 3. The molecule has 178 valence electrons. The molecular formula is C25H20F4O5. The first-order valence-electron chi connectivity index (χ1n) is 10.3. The van der Waals surface area contributed by atoms with Crippen LogP contribution in [0.2, 0.25) is 0 Å². The number of aliphatic carboxylic acids is 1. The Morgan fingerprint density at radius 2 is 1.76 bits per heavy atom. The Bertz CT molecular complexity index is 1170. The van der Waals surface area contributed by atoms with E-state index in [0.717, 1.165) is 17.7 Å². The SMILES string of the molecule is O=C(O)COC1(c2ccc(OCc3cccc(-c4cc(C(F)(F)F)ccc4F)c3)cc2)COC1. The van der Waals surface area contributed by atoms with Crippen LogP contribution in [0.5, 0.6) is 5.75 Å². The van der Waals surface area contributed by atoms with E-state index in [1.165, 1.54) is 6.07 Å². The minimum absolute atomic E-state index is 0.109. The van der Waals surface area contributed by atoms with E-state index in [2.05, 4.69) is 0 Å². The van der Waals surface area contributed by atoms with E-state index >= 15 is 0 Å². The largest absolute Gasteiger partial charge is 0.489 e. The Kier molecular flexibility index (Phi) is 6.58. The molecule has 1 fully saturated rings. The summed E-state index contributed by atoms with van der Waals surface area (Å²) in [4.78, 5) is 10.8. The molecule has 1 aliphatic rings. The first kappa shape index (κ1) is 23.7. The summed E-state index contributed by atoms with van der Waals surface area (Å²) in [6.45, 7) is 0.167. The summed E-state index contributed by atoms with van der Waals surface area (Å²) in [5.74, 6) is -1.30. The monoisotopic (exact) mass is 476 g/mol. The van der Waals surface area contributed by atoms with Crippen molar-refractivity contribution in [2.24, 2.45) is 0 Å². The highest BCUT2D eigenvalue weighted by molar-refractivity contribution is 5.68. The van der Waals surface area contributed by atoms with E-state index in [0.29, 0.717) is 22.9 Å². The van der Waals surface area contributed by atoms with Crippen LogP contribution in [-0.4, -0.2) is 30.9 Å². The van der Waals surface area contributed by atoms with Gasteiger partial charge in [-0.1, -0.05) is 30.3 Å². The second-order valence-electron chi connectivity index (χ2n) is 7.88. The average molecular weight is 476 g/mol. The number of carbonyl (C=O) groups is 1. The summed E-state index contributed by atoms with van der Waals surface area (Å²) >= 11 is 0. The van der Waals surface area contributed by atoms with E-state index in [9.17, 15) is 22.4 Å². The number of rotatable bonds is 8. The van der Waals surface area contributed by atoms with E-state index < -0.39 is 35.7 Å². The van der Waals surface area contributed by atoms with Crippen LogP contribution < -0.4 is 4.74 Å². The second kappa shape index (κ2) is 9.44. The Balaban J connectivity index is 1.45. The molecule has 0 atom stereocenters. The minimum Gasteiger partial charge on any atom is -0.489 e. The molecule has 4 rings (SSSR count). The van der Waals surface area contributed by atoms with Crippen LogP contribution >= 0.6 is 0 Å². The number of halogens is 4. The van der Waals surface area contributed by atoms with Gasteiger partial charge in [0.15, 0.2) is 0 Å². The Morgan fingerprint density at radius 1 is 1.03 bits per heavy atom. The molecule has 5 nitrogen and oxygen atoms in total. The van der Waals surface area contributed by atoms with Gasteiger partial charge in [0.05, 0.1) is 18.8 Å². The van der Waals surface area contributed by atoms with Crippen LogP contribution in [0.1, 0.15) is 16.7 Å². The number of alkyl halides is 3. The molecule has 0 unspecified atom stereocenters. The minimum atomic E-state index is -4.57. The maximum atomic E-state index is 14.2. The van der Waals surface area contributed by atoms with Crippen molar-refractivity contribution < 1.29 is 41.7 Å². The zero-order valence-electron chi connectivity index (χ0n) is 17.8. The van der Waals surface area contributed by atoms with Gasteiger partial charge in [-0.25, -0.2) is 9.18 Å². The average Bonchev–Trinajstić information content (AvgIpc) is 2.77. The molecule has 1 N–H and O–H groups in total. The van der Waals surface area contributed by atoms with Crippen LogP contribution in [0.25, 0.3) is 11.1 Å². The zero-order chi connectivity index (χ0) is 24.3. The molecule has 3 aromatic rings. The Hall–Kier alpha value is -3.43. The molecule has 0 saturated carbocycles. The molecule has 1 saturated heterocycles. The van der Waals surface area contributed by atoms with E-state index in [4.69, 9.17) is 19.3 Å². The fourth-order valence-corrected chi connectivity index (χ4v) is 3.59. The van der Waals surface area contributed by atoms with Crippen LogP contribution in [-0.2, 0) is 32.7 Å². The van der Waals surface area contributed by atoms with Gasteiger partial charge in [-0.15, -0.1) is 0 Å². The molecule has 0 amide bonds. The fourth-order valence-electron chi connectivity index (χ4n) is 3.59. The van der Waals surface area contributed by atoms with Crippen molar-refractivity contribution in [3.63, 3.8) is 0 Å². The van der Waals surface area contributed by atoms with Crippen molar-refractivity contribution in [2.75, 3.05) is 19.8 Å². The Labute approximate surface area is 192 Å². The van der Waals surface area contributed by atoms with Crippen molar-refractivity contribution in [3.8, 4) is 16.9 Å². The van der Waals surface area contributed by atoms with Crippen LogP contribution in [0.15, 0.2) is 66.7 Å². The van der Waals surface area contributed by atoms with Crippen molar-refractivity contribution in [2.45, 2.75) is 18.4 Å². The summed E-state index contributed by atoms with van der Waals surface area (Å²) < 4.78 is 69.8. The highest BCUT2D eigenvalue weighted by Crippen LogP contribution is 2.35. The molecule has 0 aliphatic carbocycles. The third kappa shape index (κ3) is 5.21. The van der Waals surface area contributed by atoms with Crippen molar-refractivity contribution >= 4 is 5.97 Å². The number of carboxylic acids is 1. The second-order valence-corrected chi connectivity index (χ2v) is 7.88. The summed E-state index contributed by atoms with van der Waals surface area (Å²) in [7, 11) is 0. The summed E-state index contributed by atoms with van der Waals surface area (Å²) in [5.41, 5.74) is -0.160. The van der Waals surface area contributed by atoms with Gasteiger partial charge in [-0.05, 0) is 53.1 Å². The smallest absolute Gasteiger partial charge is 0.416 e. The van der Waals surface area contributed by atoms with Gasteiger partial charge in [0.1, 0.15) is 30.4 Å². The number of hydrogen-bond donors (Lipinski definition) is 1. The standard InChI is InChI=1S/C25H20F4O5/c26-22-9-6-19(25(27,28)29)11-21(22)17-3-1-2-16(10-17)12-33-20-7-4-18(5-8-20)24(14-32-15-24)34-13-23(30)31/h1-11H,12-15H2,(H,30,31). The molecule has 0 bridgehead atoms. The van der Waals surface area contributed by atoms with Crippen molar-refractivity contribution in [3.05, 3.63) is 89.2 Å². The molecule has 0 radical (unpaired) electrons. The van der Waals surface area contributed by atoms with Gasteiger partial charge in [-0.2, -0.15) is 13.2 Å². The molecule has 1 aliphatic heterocycles. The molecule has 34 heavy (non-hydrogen) atoms. The lowest BCUT2D eigenvalue weighted by atomic mass is 9.91. The van der Waals surface area contributed by atoms with Gasteiger partial charge in [0.2, 0.25) is 0 Å². The quantitative estimate of drug-likeness (QED) is 0.440. The fraction of sp³-hybridized carbons (Fsp3) is 0.240. The maximum Gasteiger partial charge on any atom is 0.416 e. The lowest BCUT2D eigenvalue weighted by Gasteiger charge is -2.41. The van der Waals surface area contributed by atoms with Crippen LogP contribution in [0, 0.1) is 5.82 Å². The van der Waals surface area contributed by atoms with E-state index in [-0.39, 0.29) is 25.4 Å². The van der Waals surface area contributed by atoms with E-state index in [1.807, 2.05) is 0 Å². The van der Waals surface area contributed by atoms with Gasteiger partial charge >= 0.3 is 12.1 Å². The molecule has 0 spiro atoms. The van der Waals surface area contributed by atoms with Gasteiger partial charge in [-0.3, -0.25) is 0 Å². The van der Waals surface area contributed by atoms with Crippen LogP contribution in [0.3, 0.4) is 0 Å². The first-order valence-corrected chi connectivity index (χ1v) is 10.3. The molecule has 9 heteroatoms. The number of ether oxygens (including phenoxy) is 3. The molecular weight excluding hydrogens is 456 g/mol. The maximum absolute atomic E-state index is 14.2. The molecule has 3 aromatic carbocycles. The highest BCUT2D eigenvalue weighted by Gasteiger charge is 2.42. The van der Waals surface area contributed by atoms with E-state index in [1.54, 1.807) is 42.5 Å². The molecule has 1 heterocycles.